The molecule has 1 atom stereocenters. The summed E-state index contributed by atoms with van der Waals surface area (Å²) in [6.45, 7) is 0.771. The van der Waals surface area contributed by atoms with Gasteiger partial charge in [-0.05, 0) is 30.9 Å². The highest BCUT2D eigenvalue weighted by atomic mass is 35.5. The minimum atomic E-state index is -2.98. The molecular formula is C17H21ClN2O4S. The lowest BCUT2D eigenvalue weighted by Gasteiger charge is -2.34. The molecule has 0 bridgehead atoms. The zero-order valence-electron chi connectivity index (χ0n) is 13.9. The van der Waals surface area contributed by atoms with Gasteiger partial charge in [0, 0.05) is 25.8 Å². The third kappa shape index (κ3) is 3.98. The molecule has 2 amide bonds. The molecule has 1 aliphatic heterocycles. The lowest BCUT2D eigenvalue weighted by atomic mass is 9.84. The third-order valence-corrected chi connectivity index (χ3v) is 6.92. The number of hydrogen-bond acceptors (Lipinski definition) is 4. The molecule has 8 heteroatoms. The maximum atomic E-state index is 12.3. The molecule has 2 fully saturated rings. The van der Waals surface area contributed by atoms with E-state index in [9.17, 15) is 18.0 Å². The Kier molecular flexibility index (Phi) is 5.06. The number of sulfone groups is 1. The van der Waals surface area contributed by atoms with Crippen molar-refractivity contribution in [2.24, 2.45) is 11.8 Å². The second kappa shape index (κ2) is 6.96. The summed E-state index contributed by atoms with van der Waals surface area (Å²) in [6.07, 6.45) is 2.59. The fraction of sp³-hybridized carbons (Fsp3) is 0.529. The average Bonchev–Trinajstić information content (AvgIpc) is 2.86. The van der Waals surface area contributed by atoms with E-state index in [-0.39, 0.29) is 29.4 Å². The lowest BCUT2D eigenvalue weighted by Crippen LogP contribution is -2.43. The van der Waals surface area contributed by atoms with E-state index in [2.05, 4.69) is 5.32 Å². The van der Waals surface area contributed by atoms with Crippen LogP contribution in [0.5, 0.6) is 0 Å². The number of anilines is 1. The quantitative estimate of drug-likeness (QED) is 0.836. The van der Waals surface area contributed by atoms with Gasteiger partial charge >= 0.3 is 0 Å². The highest BCUT2D eigenvalue weighted by Gasteiger charge is 2.38. The van der Waals surface area contributed by atoms with Crippen molar-refractivity contribution < 1.29 is 18.0 Å². The van der Waals surface area contributed by atoms with Gasteiger partial charge in [-0.1, -0.05) is 23.7 Å². The number of nitrogens with one attached hydrogen (secondary N) is 1. The Hall–Kier alpha value is -1.60. The number of carbonyl (C=O) groups excluding carboxylic acids is 2. The van der Waals surface area contributed by atoms with Gasteiger partial charge in [0.05, 0.1) is 21.9 Å². The Morgan fingerprint density at radius 1 is 1.32 bits per heavy atom. The number of nitrogens with zero attached hydrogens (tertiary/aromatic N) is 1. The van der Waals surface area contributed by atoms with E-state index in [1.165, 1.54) is 6.26 Å². The molecule has 1 unspecified atom stereocenters. The highest BCUT2D eigenvalue weighted by Crippen LogP contribution is 2.33. The number of carbonyl (C=O) groups is 2. The predicted octanol–water partition coefficient (Wildman–Crippen LogP) is 1.63. The van der Waals surface area contributed by atoms with Crippen LogP contribution in [0.4, 0.5) is 5.69 Å². The number of amides is 2. The second-order valence-corrected chi connectivity index (χ2v) is 9.62. The van der Waals surface area contributed by atoms with Crippen LogP contribution in [-0.2, 0) is 19.4 Å². The van der Waals surface area contributed by atoms with E-state index in [0.717, 1.165) is 0 Å². The summed E-state index contributed by atoms with van der Waals surface area (Å²) in [5.74, 6) is -0.491. The highest BCUT2D eigenvalue weighted by molar-refractivity contribution is 7.91. The first-order valence-corrected chi connectivity index (χ1v) is 10.6. The van der Waals surface area contributed by atoms with Gasteiger partial charge in [-0.3, -0.25) is 9.59 Å². The van der Waals surface area contributed by atoms with E-state index in [1.54, 1.807) is 29.2 Å². The molecule has 1 heterocycles. The maximum Gasteiger partial charge on any atom is 0.227 e. The number of hydrogen-bond donors (Lipinski definition) is 1. The van der Waals surface area contributed by atoms with E-state index in [1.807, 2.05) is 0 Å². The van der Waals surface area contributed by atoms with Gasteiger partial charge in [-0.2, -0.15) is 0 Å². The number of halogens is 1. The molecule has 0 radical (unpaired) electrons. The second-order valence-electron chi connectivity index (χ2n) is 6.89. The van der Waals surface area contributed by atoms with Crippen LogP contribution < -0.4 is 10.2 Å². The average molecular weight is 385 g/mol. The minimum absolute atomic E-state index is 0.117. The summed E-state index contributed by atoms with van der Waals surface area (Å²) in [5, 5.41) is 3.07. The molecule has 6 nitrogen and oxygen atoms in total. The lowest BCUT2D eigenvalue weighted by molar-refractivity contribution is -0.126. The van der Waals surface area contributed by atoms with Crippen molar-refractivity contribution in [2.75, 3.05) is 24.2 Å². The van der Waals surface area contributed by atoms with E-state index < -0.39 is 15.8 Å². The molecule has 1 saturated heterocycles. The molecule has 136 valence electrons. The van der Waals surface area contributed by atoms with Gasteiger partial charge in [0.1, 0.15) is 9.84 Å². The van der Waals surface area contributed by atoms with Crippen LogP contribution in [-0.4, -0.2) is 44.8 Å². The number of para-hydroxylation sites is 1. The molecule has 2 aliphatic rings. The summed E-state index contributed by atoms with van der Waals surface area (Å²) in [5.41, 5.74) is 0.624. The van der Waals surface area contributed by atoms with Crippen LogP contribution in [0.3, 0.4) is 0 Å². The van der Waals surface area contributed by atoms with Crippen molar-refractivity contribution in [1.82, 2.24) is 5.32 Å². The molecule has 25 heavy (non-hydrogen) atoms. The molecular weight excluding hydrogens is 364 g/mol. The maximum absolute atomic E-state index is 12.3. The van der Waals surface area contributed by atoms with Gasteiger partial charge in [0.15, 0.2) is 0 Å². The van der Waals surface area contributed by atoms with Crippen molar-refractivity contribution in [2.45, 2.75) is 24.5 Å². The summed E-state index contributed by atoms with van der Waals surface area (Å²) in [7, 11) is -2.98. The van der Waals surface area contributed by atoms with Crippen molar-refractivity contribution in [1.29, 1.82) is 0 Å². The first kappa shape index (κ1) is 18.2. The van der Waals surface area contributed by atoms with Gasteiger partial charge in [-0.25, -0.2) is 8.42 Å². The smallest absolute Gasteiger partial charge is 0.227 e. The van der Waals surface area contributed by atoms with Gasteiger partial charge in [0.2, 0.25) is 11.8 Å². The Bertz CT molecular complexity index is 790. The van der Waals surface area contributed by atoms with Crippen LogP contribution in [0.2, 0.25) is 5.02 Å². The Morgan fingerprint density at radius 2 is 2.00 bits per heavy atom. The third-order valence-electron chi connectivity index (χ3n) is 5.00. The predicted molar refractivity (Wildman–Crippen MR) is 96.3 cm³/mol. The van der Waals surface area contributed by atoms with Crippen LogP contribution in [0.15, 0.2) is 24.3 Å². The minimum Gasteiger partial charge on any atom is -0.356 e. The van der Waals surface area contributed by atoms with Crippen LogP contribution >= 0.6 is 11.6 Å². The zero-order valence-corrected chi connectivity index (χ0v) is 15.5. The number of rotatable bonds is 5. The zero-order chi connectivity index (χ0) is 18.2. The topological polar surface area (TPSA) is 83.5 Å². The molecule has 1 N–H and O–H groups in total. The van der Waals surface area contributed by atoms with Gasteiger partial charge in [0.25, 0.3) is 0 Å². The summed E-state index contributed by atoms with van der Waals surface area (Å²) in [4.78, 5) is 26.1. The van der Waals surface area contributed by atoms with Gasteiger partial charge in [-0.15, -0.1) is 0 Å². The van der Waals surface area contributed by atoms with Crippen LogP contribution in [0, 0.1) is 11.8 Å². The monoisotopic (exact) mass is 384 g/mol. The normalized spacial score (nSPS) is 26.4. The van der Waals surface area contributed by atoms with Crippen LogP contribution in [0.1, 0.15) is 19.3 Å². The van der Waals surface area contributed by atoms with Gasteiger partial charge < -0.3 is 10.2 Å². The summed E-state index contributed by atoms with van der Waals surface area (Å²) >= 11 is 6.13. The molecule has 1 aromatic carbocycles. The fourth-order valence-corrected chi connectivity index (χ4v) is 4.85. The first-order valence-electron chi connectivity index (χ1n) is 8.27. The Morgan fingerprint density at radius 3 is 2.64 bits per heavy atom. The fourth-order valence-electron chi connectivity index (χ4n) is 3.37. The van der Waals surface area contributed by atoms with Crippen molar-refractivity contribution in [3.8, 4) is 0 Å². The van der Waals surface area contributed by atoms with Crippen molar-refractivity contribution >= 4 is 38.9 Å². The largest absolute Gasteiger partial charge is 0.356 e. The first-order chi connectivity index (χ1) is 11.8. The molecule has 1 saturated carbocycles. The Balaban J connectivity index is 1.51. The molecule has 0 spiro atoms. The van der Waals surface area contributed by atoms with Crippen LogP contribution in [0.25, 0.3) is 0 Å². The molecule has 0 aromatic heterocycles. The standard InChI is InChI=1S/C17H21ClN2O4S/c1-25(23,24)13-6-11(7-13)9-19-17(22)12-8-16(21)20(10-12)15-5-3-2-4-14(15)18/h2-5,11-13H,6-10H2,1H3,(H,19,22). The molecule has 1 aromatic rings. The molecule has 3 rings (SSSR count). The van der Waals surface area contributed by atoms with Crippen molar-refractivity contribution in [3.63, 3.8) is 0 Å². The van der Waals surface area contributed by atoms with E-state index in [4.69, 9.17) is 11.6 Å². The summed E-state index contributed by atoms with van der Waals surface area (Å²) in [6, 6.07) is 7.07. The SMILES string of the molecule is CS(=O)(=O)C1CC(CNC(=O)C2CC(=O)N(c3ccccc3Cl)C2)C1. The summed E-state index contributed by atoms with van der Waals surface area (Å²) < 4.78 is 22.8. The van der Waals surface area contributed by atoms with E-state index in [0.29, 0.717) is 36.6 Å². The Labute approximate surface area is 152 Å². The van der Waals surface area contributed by atoms with Crippen molar-refractivity contribution in [3.05, 3.63) is 29.3 Å². The van der Waals surface area contributed by atoms with E-state index >= 15 is 0 Å². The number of benzene rings is 1. The molecule has 1 aliphatic carbocycles.